The summed E-state index contributed by atoms with van der Waals surface area (Å²) in [6.07, 6.45) is 0. The predicted octanol–water partition coefficient (Wildman–Crippen LogP) is 2.05. The molecule has 0 saturated carbocycles. The zero-order valence-electron chi connectivity index (χ0n) is 5.72. The van der Waals surface area contributed by atoms with E-state index in [1.807, 2.05) is 6.92 Å². The van der Waals surface area contributed by atoms with Crippen LogP contribution in [-0.4, -0.2) is 27.5 Å². The van der Waals surface area contributed by atoms with E-state index in [4.69, 9.17) is 0 Å². The lowest BCUT2D eigenvalue weighted by atomic mass is 10.2. The van der Waals surface area contributed by atoms with Gasteiger partial charge in [-0.2, -0.15) is 0 Å². The lowest BCUT2D eigenvalue weighted by Crippen LogP contribution is -2.31. The van der Waals surface area contributed by atoms with E-state index >= 15 is 0 Å². The fourth-order valence-electron chi connectivity index (χ4n) is 0.945. The molecular weight excluding hydrogens is 364 g/mol. The molecule has 0 radical (unpaired) electrons. The molecule has 0 aromatic carbocycles. The second-order valence-electron chi connectivity index (χ2n) is 2.76. The third kappa shape index (κ3) is 1.69. The van der Waals surface area contributed by atoms with Crippen LogP contribution in [0.15, 0.2) is 0 Å². The number of rotatable bonds is 0. The summed E-state index contributed by atoms with van der Waals surface area (Å²) in [5.41, 5.74) is 0. The van der Waals surface area contributed by atoms with Crippen LogP contribution in [0.5, 0.6) is 0 Å². The van der Waals surface area contributed by atoms with Gasteiger partial charge in [0, 0.05) is 4.83 Å². The molecule has 0 unspecified atom stereocenters. The summed E-state index contributed by atoms with van der Waals surface area (Å²) >= 11 is 9.85. The van der Waals surface area contributed by atoms with Crippen LogP contribution >= 0.6 is 47.8 Å². The quantitative estimate of drug-likeness (QED) is 0.612. The maximum atomic E-state index is 11.3. The van der Waals surface area contributed by atoms with E-state index in [1.54, 1.807) is 0 Å². The number of alkyl halides is 3. The Morgan fingerprint density at radius 1 is 1.45 bits per heavy atom. The molecule has 1 saturated heterocycles. The van der Waals surface area contributed by atoms with Crippen molar-refractivity contribution in [2.24, 2.45) is 0 Å². The molecule has 2 nitrogen and oxygen atoms in total. The largest absolute Gasteiger partial charge is 0.228 e. The highest BCUT2D eigenvalue weighted by Crippen LogP contribution is 2.44. The Bertz CT molecular complexity index is 259. The van der Waals surface area contributed by atoms with Crippen LogP contribution in [0.3, 0.4) is 0 Å². The highest BCUT2D eigenvalue weighted by molar-refractivity contribution is 9.15. The second-order valence-corrected chi connectivity index (χ2v) is 9.23. The fourth-order valence-corrected chi connectivity index (χ4v) is 6.64. The van der Waals surface area contributed by atoms with Gasteiger partial charge in [-0.1, -0.05) is 47.8 Å². The molecule has 3 atom stereocenters. The van der Waals surface area contributed by atoms with Gasteiger partial charge in [-0.3, -0.25) is 0 Å². The van der Waals surface area contributed by atoms with Crippen molar-refractivity contribution >= 4 is 57.6 Å². The molecule has 0 amide bonds. The summed E-state index contributed by atoms with van der Waals surface area (Å²) in [5.74, 6) is 0.185. The zero-order chi connectivity index (χ0) is 8.86. The molecule has 1 aliphatic rings. The van der Waals surface area contributed by atoms with E-state index < -0.39 is 18.3 Å². The Hall–Kier alpha value is 1.39. The first-order chi connectivity index (χ1) is 4.78. The topological polar surface area (TPSA) is 34.1 Å². The number of halogens is 3. The van der Waals surface area contributed by atoms with E-state index in [2.05, 4.69) is 47.8 Å². The molecule has 1 rings (SSSR count). The van der Waals surface area contributed by atoms with Crippen molar-refractivity contribution in [2.75, 3.05) is 5.75 Å². The number of hydrogen-bond acceptors (Lipinski definition) is 2. The minimum Gasteiger partial charge on any atom is -0.228 e. The van der Waals surface area contributed by atoms with Gasteiger partial charge in [-0.25, -0.2) is 8.42 Å². The van der Waals surface area contributed by atoms with Gasteiger partial charge in [0.05, 0.1) is 10.1 Å². The van der Waals surface area contributed by atoms with Crippen molar-refractivity contribution in [3.63, 3.8) is 0 Å². The van der Waals surface area contributed by atoms with Crippen molar-refractivity contribution in [2.45, 2.75) is 20.2 Å². The normalized spacial score (nSPS) is 49.5. The van der Waals surface area contributed by atoms with E-state index in [-0.39, 0.29) is 10.6 Å². The van der Waals surface area contributed by atoms with Crippen LogP contribution in [0, 0.1) is 0 Å². The Morgan fingerprint density at radius 2 is 1.91 bits per heavy atom. The summed E-state index contributed by atoms with van der Waals surface area (Å²) in [5, 5.41) is 0. The Morgan fingerprint density at radius 3 is 2.00 bits per heavy atom. The van der Waals surface area contributed by atoms with Gasteiger partial charge in [-0.05, 0) is 6.92 Å². The molecule has 0 spiro atoms. The molecule has 0 bridgehead atoms. The molecular formula is C5H7Br3O2S. The Kier molecular flexibility index (Phi) is 2.82. The van der Waals surface area contributed by atoms with E-state index in [0.717, 1.165) is 0 Å². The Labute approximate surface area is 91.4 Å². The molecule has 0 aromatic heterocycles. The van der Waals surface area contributed by atoms with Crippen LogP contribution < -0.4 is 0 Å². The van der Waals surface area contributed by atoms with Crippen LogP contribution in [0.4, 0.5) is 0 Å². The molecule has 66 valence electrons. The lowest BCUT2D eigenvalue weighted by molar-refractivity contribution is 0.599. The zero-order valence-corrected chi connectivity index (χ0v) is 11.3. The molecule has 0 aromatic rings. The Balaban J connectivity index is 3.09. The molecule has 1 fully saturated rings. The van der Waals surface area contributed by atoms with Gasteiger partial charge in [0.25, 0.3) is 0 Å². The van der Waals surface area contributed by atoms with E-state index in [0.29, 0.717) is 0 Å². The van der Waals surface area contributed by atoms with Gasteiger partial charge in [0.1, 0.15) is 4.16 Å². The van der Waals surface area contributed by atoms with Crippen molar-refractivity contribution in [1.29, 1.82) is 0 Å². The van der Waals surface area contributed by atoms with Gasteiger partial charge in [0.15, 0.2) is 9.84 Å². The molecule has 6 heteroatoms. The lowest BCUT2D eigenvalue weighted by Gasteiger charge is -2.21. The first-order valence-electron chi connectivity index (χ1n) is 2.97. The highest BCUT2D eigenvalue weighted by Gasteiger charge is 2.52. The third-order valence-corrected chi connectivity index (χ3v) is 10.6. The number of sulfone groups is 1. The fraction of sp³-hybridized carbons (Fsp3) is 1.00. The summed E-state index contributed by atoms with van der Waals surface area (Å²) in [4.78, 5) is -0.0237. The van der Waals surface area contributed by atoms with Gasteiger partial charge in [0.2, 0.25) is 0 Å². The number of hydrogen-bond donors (Lipinski definition) is 0. The molecule has 0 N–H and O–H groups in total. The standard InChI is InChI=1S/C5H7Br3O2S/c1-5(8)3(6)2-11(9,10)4(5)7/h3-4H,2H2,1H3/t3-,4+,5-/m0/s1. The van der Waals surface area contributed by atoms with Crippen molar-refractivity contribution in [3.05, 3.63) is 0 Å². The second kappa shape index (κ2) is 2.96. The minimum absolute atomic E-state index is 0.0237. The van der Waals surface area contributed by atoms with Crippen LogP contribution in [0.2, 0.25) is 0 Å². The summed E-state index contributed by atoms with van der Waals surface area (Å²) < 4.78 is 21.7. The minimum atomic E-state index is -2.96. The molecule has 11 heavy (non-hydrogen) atoms. The third-order valence-electron chi connectivity index (χ3n) is 1.75. The van der Waals surface area contributed by atoms with Crippen molar-refractivity contribution < 1.29 is 8.42 Å². The maximum absolute atomic E-state index is 11.3. The predicted molar refractivity (Wildman–Crippen MR) is 56.5 cm³/mol. The smallest absolute Gasteiger partial charge is 0.165 e. The van der Waals surface area contributed by atoms with Crippen LogP contribution in [0.25, 0.3) is 0 Å². The monoisotopic (exact) mass is 368 g/mol. The summed E-state index contributed by atoms with van der Waals surface area (Å²) in [6.45, 7) is 1.86. The van der Waals surface area contributed by atoms with E-state index in [9.17, 15) is 8.42 Å². The maximum Gasteiger partial charge on any atom is 0.165 e. The average molecular weight is 371 g/mol. The van der Waals surface area contributed by atoms with Gasteiger partial charge >= 0.3 is 0 Å². The SMILES string of the molecule is C[C@]1(Br)[C@@H](Br)CS(=O)(=O)[C@H]1Br. The average Bonchev–Trinajstić information content (AvgIpc) is 1.94. The first-order valence-corrected chi connectivity index (χ1v) is 7.31. The highest BCUT2D eigenvalue weighted by atomic mass is 79.9. The summed E-state index contributed by atoms with van der Waals surface area (Å²) in [7, 11) is -2.96. The van der Waals surface area contributed by atoms with Gasteiger partial charge in [-0.15, -0.1) is 0 Å². The van der Waals surface area contributed by atoms with Crippen LogP contribution in [0.1, 0.15) is 6.92 Å². The molecule has 0 aliphatic carbocycles. The van der Waals surface area contributed by atoms with Gasteiger partial charge < -0.3 is 0 Å². The molecule has 1 heterocycles. The summed E-state index contributed by atoms with van der Waals surface area (Å²) in [6, 6.07) is 0. The van der Waals surface area contributed by atoms with Crippen molar-refractivity contribution in [3.8, 4) is 0 Å². The molecule has 1 aliphatic heterocycles. The van der Waals surface area contributed by atoms with Crippen molar-refractivity contribution in [1.82, 2.24) is 0 Å². The van der Waals surface area contributed by atoms with E-state index in [1.165, 1.54) is 0 Å². The van der Waals surface area contributed by atoms with Crippen LogP contribution in [-0.2, 0) is 9.84 Å². The first kappa shape index (κ1) is 10.5.